The number of hydrogen-bond acceptors (Lipinski definition) is 4. The number of para-hydroxylation sites is 1. The molecule has 0 aliphatic carbocycles. The number of amides is 2. The summed E-state index contributed by atoms with van der Waals surface area (Å²) < 4.78 is 0. The molecule has 0 spiro atoms. The topological polar surface area (TPSA) is 61.8 Å². The van der Waals surface area contributed by atoms with Crippen LogP contribution in [0.4, 0.5) is 11.4 Å². The second kappa shape index (κ2) is 8.38. The maximum Gasteiger partial charge on any atom is 0.247 e. The zero-order valence-electron chi connectivity index (χ0n) is 14.2. The fraction of sp³-hybridized carbons (Fsp3) is 0.211. The number of nitrogens with one attached hydrogen (secondary N) is 1. The van der Waals surface area contributed by atoms with Gasteiger partial charge in [-0.2, -0.15) is 0 Å². The van der Waals surface area contributed by atoms with Gasteiger partial charge in [-0.05, 0) is 43.3 Å². The summed E-state index contributed by atoms with van der Waals surface area (Å²) in [6.45, 7) is 2.49. The van der Waals surface area contributed by atoms with Crippen molar-refractivity contribution in [1.82, 2.24) is 0 Å². The van der Waals surface area contributed by atoms with Gasteiger partial charge in [0.05, 0.1) is 5.69 Å². The number of imide groups is 1. The zero-order chi connectivity index (χ0) is 18.5. The Balaban J connectivity index is 1.73. The minimum atomic E-state index is -0.493. The van der Waals surface area contributed by atoms with Gasteiger partial charge in [0.25, 0.3) is 0 Å². The molecule has 5 nitrogen and oxygen atoms in total. The van der Waals surface area contributed by atoms with Gasteiger partial charge in [0.2, 0.25) is 11.8 Å². The van der Waals surface area contributed by atoms with Crippen molar-refractivity contribution in [1.29, 1.82) is 0 Å². The molecule has 2 aromatic rings. The van der Waals surface area contributed by atoms with E-state index in [0.29, 0.717) is 22.4 Å². The van der Waals surface area contributed by atoms with E-state index in [0.717, 1.165) is 5.69 Å². The third-order valence-electron chi connectivity index (χ3n) is 3.77. The van der Waals surface area contributed by atoms with Crippen LogP contribution in [0.25, 0.3) is 0 Å². The van der Waals surface area contributed by atoms with Crippen LogP contribution in [0.2, 0.25) is 5.02 Å². The molecule has 0 radical (unpaired) electrons. The second-order valence-corrected chi connectivity index (χ2v) is 7.25. The molecule has 3 rings (SSSR count). The van der Waals surface area contributed by atoms with Crippen molar-refractivity contribution in [2.24, 2.45) is 4.99 Å². The van der Waals surface area contributed by atoms with Gasteiger partial charge in [0, 0.05) is 23.7 Å². The molecular weight excluding hydrogens is 370 g/mol. The summed E-state index contributed by atoms with van der Waals surface area (Å²) in [5, 5.41) is 3.96. The van der Waals surface area contributed by atoms with Crippen LogP contribution in [0.1, 0.15) is 13.3 Å². The number of halogens is 1. The Morgan fingerprint density at radius 2 is 1.88 bits per heavy atom. The first kappa shape index (κ1) is 18.5. The van der Waals surface area contributed by atoms with Crippen LogP contribution in [-0.2, 0) is 9.59 Å². The third kappa shape index (κ3) is 4.26. The SMILES string of the molecule is CCN=C(Nc1ccc(Cl)cc1)S[C@H]1CC(=O)N(c2ccccc2)C1=O. The Kier molecular flexibility index (Phi) is 5.96. The molecule has 7 heteroatoms. The molecule has 1 saturated heterocycles. The number of amidine groups is 1. The molecule has 134 valence electrons. The van der Waals surface area contributed by atoms with Crippen LogP contribution >= 0.6 is 23.4 Å². The predicted molar refractivity (Wildman–Crippen MR) is 108 cm³/mol. The number of nitrogens with zero attached hydrogens (tertiary/aromatic N) is 2. The summed E-state index contributed by atoms with van der Waals surface area (Å²) in [5.74, 6) is -0.408. The van der Waals surface area contributed by atoms with Crippen LogP contribution in [-0.4, -0.2) is 28.8 Å². The molecule has 0 aromatic heterocycles. The third-order valence-corrected chi connectivity index (χ3v) is 5.13. The lowest BCUT2D eigenvalue weighted by Crippen LogP contribution is -2.31. The fourth-order valence-corrected chi connectivity index (χ4v) is 3.79. The Labute approximate surface area is 161 Å². The predicted octanol–water partition coefficient (Wildman–Crippen LogP) is 4.19. The van der Waals surface area contributed by atoms with Crippen LogP contribution in [0.3, 0.4) is 0 Å². The summed E-state index contributed by atoms with van der Waals surface area (Å²) in [4.78, 5) is 30.8. The smallest absolute Gasteiger partial charge is 0.247 e. The van der Waals surface area contributed by atoms with Crippen LogP contribution in [0, 0.1) is 0 Å². The standard InChI is InChI=1S/C19H18ClN3O2S/c1-2-21-19(22-14-10-8-13(20)9-11-14)26-16-12-17(24)23(18(16)25)15-6-4-3-5-7-15/h3-11,16H,2,12H2,1H3,(H,21,22)/t16-/m0/s1. The monoisotopic (exact) mass is 387 g/mol. The highest BCUT2D eigenvalue weighted by atomic mass is 35.5. The first-order valence-corrected chi connectivity index (χ1v) is 9.49. The lowest BCUT2D eigenvalue weighted by Gasteiger charge is -2.15. The van der Waals surface area contributed by atoms with E-state index < -0.39 is 5.25 Å². The molecule has 0 bridgehead atoms. The number of carbonyl (C=O) groups is 2. The lowest BCUT2D eigenvalue weighted by atomic mass is 10.3. The van der Waals surface area contributed by atoms with E-state index in [2.05, 4.69) is 10.3 Å². The van der Waals surface area contributed by atoms with Gasteiger partial charge >= 0.3 is 0 Å². The van der Waals surface area contributed by atoms with E-state index in [9.17, 15) is 9.59 Å². The van der Waals surface area contributed by atoms with E-state index in [-0.39, 0.29) is 18.2 Å². The van der Waals surface area contributed by atoms with Gasteiger partial charge in [-0.1, -0.05) is 41.6 Å². The van der Waals surface area contributed by atoms with Crippen molar-refractivity contribution < 1.29 is 9.59 Å². The first-order valence-electron chi connectivity index (χ1n) is 8.24. The molecule has 0 saturated carbocycles. The molecule has 1 N–H and O–H groups in total. The number of hydrogen-bond donors (Lipinski definition) is 1. The highest BCUT2D eigenvalue weighted by Gasteiger charge is 2.40. The van der Waals surface area contributed by atoms with Crippen LogP contribution in [0.5, 0.6) is 0 Å². The van der Waals surface area contributed by atoms with Crippen LogP contribution in [0.15, 0.2) is 59.6 Å². The Bertz CT molecular complexity index is 824. The average Bonchev–Trinajstić information content (AvgIpc) is 2.91. The number of thioether (sulfide) groups is 1. The highest BCUT2D eigenvalue weighted by molar-refractivity contribution is 8.15. The van der Waals surface area contributed by atoms with E-state index in [1.54, 1.807) is 24.3 Å². The van der Waals surface area contributed by atoms with E-state index in [1.165, 1.54) is 16.7 Å². The molecule has 1 heterocycles. The van der Waals surface area contributed by atoms with Crippen LogP contribution < -0.4 is 10.2 Å². The molecule has 1 atom stereocenters. The van der Waals surface area contributed by atoms with Gasteiger partial charge in [-0.25, -0.2) is 4.90 Å². The van der Waals surface area contributed by atoms with E-state index in [1.807, 2.05) is 37.3 Å². The van der Waals surface area contributed by atoms with Gasteiger partial charge in [0.1, 0.15) is 5.25 Å². The highest BCUT2D eigenvalue weighted by Crippen LogP contribution is 2.30. The number of anilines is 2. The molecule has 1 aliphatic rings. The van der Waals surface area contributed by atoms with Gasteiger partial charge in [0.15, 0.2) is 5.17 Å². The van der Waals surface area contributed by atoms with E-state index >= 15 is 0 Å². The summed E-state index contributed by atoms with van der Waals surface area (Å²) in [6, 6.07) is 16.2. The molecule has 1 fully saturated rings. The number of rotatable bonds is 4. The number of carbonyl (C=O) groups excluding carboxylic acids is 2. The first-order chi connectivity index (χ1) is 12.6. The lowest BCUT2D eigenvalue weighted by molar-refractivity contribution is -0.121. The molecular formula is C19H18ClN3O2S. The van der Waals surface area contributed by atoms with Gasteiger partial charge in [-0.3, -0.25) is 14.6 Å². The normalized spacial score (nSPS) is 17.7. The Morgan fingerprint density at radius 3 is 2.54 bits per heavy atom. The maximum absolute atomic E-state index is 12.7. The van der Waals surface area contributed by atoms with Crippen molar-refractivity contribution in [3.05, 3.63) is 59.6 Å². The summed E-state index contributed by atoms with van der Waals surface area (Å²) >= 11 is 7.19. The number of benzene rings is 2. The molecule has 1 aliphatic heterocycles. The fourth-order valence-electron chi connectivity index (χ4n) is 2.59. The zero-order valence-corrected chi connectivity index (χ0v) is 15.8. The van der Waals surface area contributed by atoms with Crippen molar-refractivity contribution in [2.75, 3.05) is 16.8 Å². The summed E-state index contributed by atoms with van der Waals surface area (Å²) in [7, 11) is 0. The van der Waals surface area contributed by atoms with Gasteiger partial charge < -0.3 is 5.32 Å². The Morgan fingerprint density at radius 1 is 1.19 bits per heavy atom. The molecule has 2 aromatic carbocycles. The van der Waals surface area contributed by atoms with Crippen molar-refractivity contribution >= 4 is 51.7 Å². The minimum absolute atomic E-state index is 0.156. The maximum atomic E-state index is 12.7. The molecule has 26 heavy (non-hydrogen) atoms. The summed E-state index contributed by atoms with van der Waals surface area (Å²) in [5.41, 5.74) is 1.43. The van der Waals surface area contributed by atoms with Crippen molar-refractivity contribution in [3.63, 3.8) is 0 Å². The quantitative estimate of drug-likeness (QED) is 0.485. The van der Waals surface area contributed by atoms with Crippen molar-refractivity contribution in [3.8, 4) is 0 Å². The number of aliphatic imine (C=N–C) groups is 1. The van der Waals surface area contributed by atoms with E-state index in [4.69, 9.17) is 11.6 Å². The van der Waals surface area contributed by atoms with Gasteiger partial charge in [-0.15, -0.1) is 0 Å². The average molecular weight is 388 g/mol. The molecule has 0 unspecified atom stereocenters. The Hall–Kier alpha value is -2.31. The second-order valence-electron chi connectivity index (χ2n) is 5.62. The molecule has 2 amide bonds. The summed E-state index contributed by atoms with van der Waals surface area (Å²) in [6.07, 6.45) is 0.156. The largest absolute Gasteiger partial charge is 0.335 e. The minimum Gasteiger partial charge on any atom is -0.335 e. The van der Waals surface area contributed by atoms with Crippen molar-refractivity contribution in [2.45, 2.75) is 18.6 Å².